The van der Waals surface area contributed by atoms with Crippen LogP contribution in [0.2, 0.25) is 0 Å². The minimum atomic E-state index is -0.911. The molecule has 1 aliphatic heterocycles. The van der Waals surface area contributed by atoms with Crippen molar-refractivity contribution >= 4 is 5.91 Å². The second-order valence-electron chi connectivity index (χ2n) is 10.8. The van der Waals surface area contributed by atoms with E-state index in [9.17, 15) is 0 Å². The number of likely N-dealkylation sites (tertiary alicyclic amines) is 1. The summed E-state index contributed by atoms with van der Waals surface area (Å²) in [7, 11) is 0. The molecule has 188 valence electrons. The van der Waals surface area contributed by atoms with E-state index in [0.717, 1.165) is 49.9 Å². The Balaban J connectivity index is 1.79. The summed E-state index contributed by atoms with van der Waals surface area (Å²) in [5.41, 5.74) is 1.82. The highest BCUT2D eigenvalue weighted by Crippen LogP contribution is 2.52. The first-order valence-corrected chi connectivity index (χ1v) is 13.9. The van der Waals surface area contributed by atoms with Crippen LogP contribution in [0.5, 0.6) is 0 Å². The molecule has 1 atom stereocenters. The largest absolute Gasteiger partial charge is 0.352 e. The lowest BCUT2D eigenvalue weighted by atomic mass is 9.57. The Hall–Kier alpha value is -2.91. The van der Waals surface area contributed by atoms with Crippen LogP contribution >= 0.6 is 0 Å². The molecule has 3 aromatic carbocycles. The van der Waals surface area contributed by atoms with E-state index in [1.165, 1.54) is 31.2 Å². The fourth-order valence-electron chi connectivity index (χ4n) is 6.87. The number of rotatable bonds is 7. The van der Waals surface area contributed by atoms with Gasteiger partial charge in [0, 0.05) is 6.04 Å². The first-order chi connectivity index (χ1) is 17.7. The molecule has 3 aromatic rings. The molecular weight excluding hydrogens is 440 g/mol. The molecule has 1 saturated heterocycles. The molecular formula is C33H40N2O. The van der Waals surface area contributed by atoms with E-state index in [0.29, 0.717) is 0 Å². The second kappa shape index (κ2) is 11.0. The van der Waals surface area contributed by atoms with Crippen molar-refractivity contribution in [3.8, 4) is 0 Å². The fraction of sp³-hybridized carbons (Fsp3) is 0.424. The van der Waals surface area contributed by atoms with Crippen molar-refractivity contribution in [3.63, 3.8) is 0 Å². The van der Waals surface area contributed by atoms with Crippen molar-refractivity contribution in [1.82, 2.24) is 10.2 Å². The lowest BCUT2D eigenvalue weighted by molar-refractivity contribution is -0.133. The maximum atomic E-state index is 15.1. The van der Waals surface area contributed by atoms with E-state index in [4.69, 9.17) is 0 Å². The molecule has 0 spiro atoms. The Kier molecular flexibility index (Phi) is 7.57. The zero-order chi connectivity index (χ0) is 24.8. The van der Waals surface area contributed by atoms with Gasteiger partial charge in [0.15, 0.2) is 0 Å². The summed E-state index contributed by atoms with van der Waals surface area (Å²) < 4.78 is 0. The van der Waals surface area contributed by atoms with Gasteiger partial charge in [-0.15, -0.1) is 0 Å². The Morgan fingerprint density at radius 1 is 0.667 bits per heavy atom. The molecule has 1 unspecified atom stereocenters. The normalized spacial score (nSPS) is 19.4. The van der Waals surface area contributed by atoms with Gasteiger partial charge in [-0.3, -0.25) is 9.69 Å². The lowest BCUT2D eigenvalue weighted by Crippen LogP contribution is -2.66. The third-order valence-corrected chi connectivity index (χ3v) is 8.75. The van der Waals surface area contributed by atoms with Crippen LogP contribution in [0.4, 0.5) is 0 Å². The first kappa shape index (κ1) is 24.8. The van der Waals surface area contributed by atoms with Gasteiger partial charge in [0.05, 0.1) is 5.54 Å². The minimum absolute atomic E-state index is 0.128. The van der Waals surface area contributed by atoms with E-state index >= 15 is 4.79 Å². The number of hydrogen-bond donors (Lipinski definition) is 1. The zero-order valence-corrected chi connectivity index (χ0v) is 21.7. The van der Waals surface area contributed by atoms with E-state index in [1.807, 2.05) is 0 Å². The van der Waals surface area contributed by atoms with Crippen molar-refractivity contribution in [1.29, 1.82) is 0 Å². The Bertz CT molecular complexity index is 1060. The number of nitrogens with one attached hydrogen (secondary N) is 1. The summed E-state index contributed by atoms with van der Waals surface area (Å²) in [5, 5.41) is 3.61. The second-order valence-corrected chi connectivity index (χ2v) is 10.8. The van der Waals surface area contributed by atoms with Crippen LogP contribution in [-0.4, -0.2) is 29.9 Å². The summed E-state index contributed by atoms with van der Waals surface area (Å²) in [6.07, 6.45) is 9.35. The number of benzene rings is 3. The molecule has 36 heavy (non-hydrogen) atoms. The van der Waals surface area contributed by atoms with Gasteiger partial charge in [0.1, 0.15) is 5.41 Å². The van der Waals surface area contributed by atoms with Crippen molar-refractivity contribution in [3.05, 3.63) is 108 Å². The Morgan fingerprint density at radius 3 is 1.61 bits per heavy atom. The number of amides is 1. The summed E-state index contributed by atoms with van der Waals surface area (Å²) in [6, 6.07) is 32.1. The molecule has 0 radical (unpaired) electrons. The van der Waals surface area contributed by atoms with Crippen LogP contribution in [0.25, 0.3) is 0 Å². The molecule has 0 aromatic heterocycles. The highest BCUT2D eigenvalue weighted by molar-refractivity contribution is 5.94. The monoisotopic (exact) mass is 480 g/mol. The summed E-state index contributed by atoms with van der Waals surface area (Å²) >= 11 is 0. The zero-order valence-electron chi connectivity index (χ0n) is 21.7. The number of carbonyl (C=O) groups is 1. The molecule has 0 bridgehead atoms. The van der Waals surface area contributed by atoms with Crippen LogP contribution in [0.1, 0.15) is 75.0 Å². The number of carbonyl (C=O) groups excluding carboxylic acids is 1. The molecule has 5 rings (SSSR count). The van der Waals surface area contributed by atoms with Gasteiger partial charge >= 0.3 is 0 Å². The van der Waals surface area contributed by atoms with E-state index < -0.39 is 11.0 Å². The average molecular weight is 481 g/mol. The van der Waals surface area contributed by atoms with Gasteiger partial charge in [0.25, 0.3) is 0 Å². The molecule has 1 amide bonds. The van der Waals surface area contributed by atoms with Crippen LogP contribution in [0, 0.1) is 0 Å². The first-order valence-electron chi connectivity index (χ1n) is 13.9. The van der Waals surface area contributed by atoms with E-state index in [-0.39, 0.29) is 11.9 Å². The Labute approximate surface area is 216 Å². The molecule has 2 fully saturated rings. The highest BCUT2D eigenvalue weighted by atomic mass is 16.2. The predicted molar refractivity (Wildman–Crippen MR) is 148 cm³/mol. The van der Waals surface area contributed by atoms with Crippen molar-refractivity contribution < 1.29 is 4.79 Å². The third kappa shape index (κ3) is 4.39. The lowest BCUT2D eigenvalue weighted by Gasteiger charge is -2.55. The maximum absolute atomic E-state index is 15.1. The topological polar surface area (TPSA) is 32.3 Å². The summed E-state index contributed by atoms with van der Waals surface area (Å²) in [6.45, 7) is 4.31. The highest BCUT2D eigenvalue weighted by Gasteiger charge is 2.59. The molecule has 1 aliphatic carbocycles. The van der Waals surface area contributed by atoms with Crippen molar-refractivity contribution in [2.75, 3.05) is 13.1 Å². The number of piperidine rings is 1. The van der Waals surface area contributed by atoms with Gasteiger partial charge in [0.2, 0.25) is 5.91 Å². The summed E-state index contributed by atoms with van der Waals surface area (Å²) in [4.78, 5) is 17.7. The molecule has 3 heteroatoms. The molecule has 1 N–H and O–H groups in total. The Morgan fingerprint density at radius 2 is 1.11 bits per heavy atom. The van der Waals surface area contributed by atoms with Gasteiger partial charge in [-0.05, 0) is 62.4 Å². The molecule has 1 saturated carbocycles. The average Bonchev–Trinajstić information content (AvgIpc) is 2.96. The van der Waals surface area contributed by atoms with Gasteiger partial charge in [-0.25, -0.2) is 0 Å². The third-order valence-electron chi connectivity index (χ3n) is 8.75. The number of nitrogens with zero attached hydrogens (tertiary/aromatic N) is 1. The fourth-order valence-corrected chi connectivity index (χ4v) is 6.87. The molecule has 1 heterocycles. The maximum Gasteiger partial charge on any atom is 0.237 e. The van der Waals surface area contributed by atoms with Crippen LogP contribution in [-0.2, 0) is 15.7 Å². The van der Waals surface area contributed by atoms with Crippen LogP contribution in [0.3, 0.4) is 0 Å². The van der Waals surface area contributed by atoms with E-state index in [1.54, 1.807) is 0 Å². The SMILES string of the molecule is CC(c1ccccc1)(N1CCCCC1)C(C(=O)NC1CCCCC1)(c1ccccc1)c1ccccc1. The predicted octanol–water partition coefficient (Wildman–Crippen LogP) is 6.82. The smallest absolute Gasteiger partial charge is 0.237 e. The quantitative estimate of drug-likeness (QED) is 0.402. The number of hydrogen-bond acceptors (Lipinski definition) is 2. The van der Waals surface area contributed by atoms with Crippen molar-refractivity contribution in [2.24, 2.45) is 0 Å². The van der Waals surface area contributed by atoms with Crippen LogP contribution in [0.15, 0.2) is 91.0 Å². The molecule has 3 nitrogen and oxygen atoms in total. The van der Waals surface area contributed by atoms with Gasteiger partial charge in [-0.1, -0.05) is 117 Å². The summed E-state index contributed by atoms with van der Waals surface area (Å²) in [5.74, 6) is 0.128. The minimum Gasteiger partial charge on any atom is -0.352 e. The molecule has 2 aliphatic rings. The van der Waals surface area contributed by atoms with Gasteiger partial charge < -0.3 is 5.32 Å². The van der Waals surface area contributed by atoms with Crippen LogP contribution < -0.4 is 5.32 Å². The van der Waals surface area contributed by atoms with Crippen molar-refractivity contribution in [2.45, 2.75) is 75.3 Å². The van der Waals surface area contributed by atoms with E-state index in [2.05, 4.69) is 108 Å². The standard InChI is InChI=1S/C33H40N2O/c1-32(27-17-7-2-8-18-27,35-25-15-6-16-26-35)33(28-19-9-3-10-20-28,29-21-11-4-12-22-29)31(36)34-30-23-13-5-14-24-30/h2-4,7-12,17-22,30H,5-6,13-16,23-26H2,1H3,(H,34,36). The van der Waals surface area contributed by atoms with Gasteiger partial charge in [-0.2, -0.15) is 0 Å².